The van der Waals surface area contributed by atoms with Crippen LogP contribution in [0.5, 0.6) is 17.2 Å². The number of halogens is 1. The Hall–Kier alpha value is -2.76. The number of hydrogen-bond donors (Lipinski definition) is 1. The molecule has 1 heterocycles. The summed E-state index contributed by atoms with van der Waals surface area (Å²) in [7, 11) is 1.53. The summed E-state index contributed by atoms with van der Waals surface area (Å²) in [6, 6.07) is 9.83. The number of methoxy groups -OCH3 is 1. The van der Waals surface area contributed by atoms with E-state index in [4.69, 9.17) is 14.2 Å². The molecule has 0 aromatic heterocycles. The second kappa shape index (κ2) is 6.52. The molecule has 2 aromatic carbocycles. The molecule has 1 saturated carbocycles. The van der Waals surface area contributed by atoms with Gasteiger partial charge in [0.2, 0.25) is 5.75 Å². The zero-order valence-electron chi connectivity index (χ0n) is 14.5. The molecule has 1 aliphatic carbocycles. The van der Waals surface area contributed by atoms with Crippen molar-refractivity contribution in [3.8, 4) is 17.2 Å². The van der Waals surface area contributed by atoms with Crippen molar-refractivity contribution in [1.29, 1.82) is 0 Å². The van der Waals surface area contributed by atoms with Gasteiger partial charge < -0.3 is 19.5 Å². The molecular formula is C20H20FNO4. The van der Waals surface area contributed by atoms with Crippen LogP contribution in [0.1, 0.15) is 28.8 Å². The summed E-state index contributed by atoms with van der Waals surface area (Å²) in [5.41, 5.74) is 1.42. The lowest BCUT2D eigenvalue weighted by atomic mass is 9.96. The number of nitrogens with one attached hydrogen (secondary N) is 1. The highest BCUT2D eigenvalue weighted by Crippen LogP contribution is 2.47. The fourth-order valence-corrected chi connectivity index (χ4v) is 3.28. The van der Waals surface area contributed by atoms with E-state index in [0.29, 0.717) is 42.6 Å². The monoisotopic (exact) mass is 357 g/mol. The molecule has 1 N–H and O–H groups in total. The molecule has 4 rings (SSSR count). The molecule has 0 saturated heterocycles. The largest absolute Gasteiger partial charge is 0.493 e. The Bertz CT molecular complexity index is 813. The van der Waals surface area contributed by atoms with Crippen molar-refractivity contribution >= 4 is 5.91 Å². The number of carbonyl (C=O) groups is 1. The summed E-state index contributed by atoms with van der Waals surface area (Å²) < 4.78 is 29.6. The Kier molecular flexibility index (Phi) is 4.18. The highest BCUT2D eigenvalue weighted by Gasteiger charge is 2.44. The van der Waals surface area contributed by atoms with E-state index < -0.39 is 0 Å². The molecule has 0 spiro atoms. The average Bonchev–Trinajstić information content (AvgIpc) is 3.47. The highest BCUT2D eigenvalue weighted by atomic mass is 19.1. The molecular weight excluding hydrogens is 337 g/mol. The van der Waals surface area contributed by atoms with Crippen LogP contribution in [0.2, 0.25) is 0 Å². The van der Waals surface area contributed by atoms with Gasteiger partial charge >= 0.3 is 0 Å². The van der Waals surface area contributed by atoms with Crippen LogP contribution >= 0.6 is 0 Å². The maximum Gasteiger partial charge on any atom is 0.251 e. The van der Waals surface area contributed by atoms with Gasteiger partial charge in [-0.3, -0.25) is 4.79 Å². The van der Waals surface area contributed by atoms with Crippen LogP contribution in [0.25, 0.3) is 0 Å². The number of benzene rings is 2. The first-order chi connectivity index (χ1) is 12.6. The number of hydrogen-bond acceptors (Lipinski definition) is 4. The van der Waals surface area contributed by atoms with Gasteiger partial charge in [-0.15, -0.1) is 0 Å². The van der Waals surface area contributed by atoms with Gasteiger partial charge in [0.1, 0.15) is 19.0 Å². The zero-order valence-corrected chi connectivity index (χ0v) is 14.5. The third-order valence-corrected chi connectivity index (χ3v) is 4.99. The minimum Gasteiger partial charge on any atom is -0.493 e. The molecule has 136 valence electrons. The van der Waals surface area contributed by atoms with Gasteiger partial charge in [0, 0.05) is 17.5 Å². The summed E-state index contributed by atoms with van der Waals surface area (Å²) in [4.78, 5) is 12.6. The smallest absolute Gasteiger partial charge is 0.251 e. The maximum absolute atomic E-state index is 13.1. The molecule has 0 unspecified atom stereocenters. The van der Waals surface area contributed by atoms with Crippen LogP contribution in [0.3, 0.4) is 0 Å². The lowest BCUT2D eigenvalue weighted by Gasteiger charge is -2.22. The molecule has 26 heavy (non-hydrogen) atoms. The van der Waals surface area contributed by atoms with Gasteiger partial charge in [0.05, 0.1) is 7.11 Å². The second-order valence-corrected chi connectivity index (χ2v) is 6.67. The Morgan fingerprint density at radius 2 is 1.92 bits per heavy atom. The van der Waals surface area contributed by atoms with E-state index in [1.807, 2.05) is 0 Å². The predicted molar refractivity (Wildman–Crippen MR) is 93.6 cm³/mol. The third-order valence-electron chi connectivity index (χ3n) is 4.99. The molecule has 0 radical (unpaired) electrons. The quantitative estimate of drug-likeness (QED) is 0.894. The Balaban J connectivity index is 1.49. The standard InChI is InChI=1S/C20H20FNO4/c1-24-16-10-13(11-17-18(16)26-9-8-25-17)19(23)22-12-20(6-7-20)14-2-4-15(21)5-3-14/h2-5,10-11H,6-9,12H2,1H3,(H,22,23). The fraction of sp³-hybridized carbons (Fsp3) is 0.350. The molecule has 1 amide bonds. The minimum absolute atomic E-state index is 0.0960. The normalized spacial score (nSPS) is 16.7. The van der Waals surface area contributed by atoms with Gasteiger partial charge in [0.25, 0.3) is 5.91 Å². The van der Waals surface area contributed by atoms with Gasteiger partial charge in [-0.05, 0) is 42.7 Å². The number of amides is 1. The second-order valence-electron chi connectivity index (χ2n) is 6.67. The van der Waals surface area contributed by atoms with E-state index in [9.17, 15) is 9.18 Å². The van der Waals surface area contributed by atoms with Crippen LogP contribution in [0.4, 0.5) is 4.39 Å². The Morgan fingerprint density at radius 1 is 1.19 bits per heavy atom. The number of carbonyl (C=O) groups excluding carboxylic acids is 1. The molecule has 1 fully saturated rings. The molecule has 2 aliphatic rings. The molecule has 5 nitrogen and oxygen atoms in total. The van der Waals surface area contributed by atoms with E-state index >= 15 is 0 Å². The first-order valence-corrected chi connectivity index (χ1v) is 8.63. The van der Waals surface area contributed by atoms with Crippen molar-refractivity contribution in [3.63, 3.8) is 0 Å². The topological polar surface area (TPSA) is 56.8 Å². The van der Waals surface area contributed by atoms with Crippen LogP contribution < -0.4 is 19.5 Å². The Morgan fingerprint density at radius 3 is 2.62 bits per heavy atom. The van der Waals surface area contributed by atoms with Gasteiger partial charge in [-0.1, -0.05) is 12.1 Å². The van der Waals surface area contributed by atoms with E-state index in [0.717, 1.165) is 18.4 Å². The van der Waals surface area contributed by atoms with Crippen LogP contribution in [0, 0.1) is 5.82 Å². The van der Waals surface area contributed by atoms with E-state index in [-0.39, 0.29) is 17.1 Å². The van der Waals surface area contributed by atoms with Gasteiger partial charge in [-0.25, -0.2) is 4.39 Å². The van der Waals surface area contributed by atoms with Crippen molar-refractivity contribution in [2.75, 3.05) is 26.9 Å². The maximum atomic E-state index is 13.1. The summed E-state index contributed by atoms with van der Waals surface area (Å²) in [6.45, 7) is 1.40. The molecule has 2 aromatic rings. The van der Waals surface area contributed by atoms with E-state index in [1.54, 1.807) is 24.3 Å². The van der Waals surface area contributed by atoms with Crippen LogP contribution in [0.15, 0.2) is 36.4 Å². The third kappa shape index (κ3) is 3.07. The fourth-order valence-electron chi connectivity index (χ4n) is 3.28. The van der Waals surface area contributed by atoms with E-state index in [1.165, 1.54) is 19.2 Å². The lowest BCUT2D eigenvalue weighted by molar-refractivity contribution is 0.0947. The first kappa shape index (κ1) is 16.7. The molecule has 6 heteroatoms. The zero-order chi connectivity index (χ0) is 18.1. The lowest BCUT2D eigenvalue weighted by Crippen LogP contribution is -2.32. The summed E-state index contributed by atoms with van der Waals surface area (Å²) in [6.07, 6.45) is 1.95. The van der Waals surface area contributed by atoms with Crippen molar-refractivity contribution in [2.24, 2.45) is 0 Å². The van der Waals surface area contributed by atoms with Crippen molar-refractivity contribution < 1.29 is 23.4 Å². The summed E-state index contributed by atoms with van der Waals surface area (Å²) in [5.74, 6) is 1.07. The molecule has 0 atom stereocenters. The van der Waals surface area contributed by atoms with Crippen molar-refractivity contribution in [2.45, 2.75) is 18.3 Å². The summed E-state index contributed by atoms with van der Waals surface area (Å²) >= 11 is 0. The predicted octanol–water partition coefficient (Wildman–Crippen LogP) is 3.07. The number of fused-ring (bicyclic) bond motifs is 1. The van der Waals surface area contributed by atoms with Crippen molar-refractivity contribution in [3.05, 3.63) is 53.3 Å². The van der Waals surface area contributed by atoms with Crippen molar-refractivity contribution in [1.82, 2.24) is 5.32 Å². The van der Waals surface area contributed by atoms with E-state index in [2.05, 4.69) is 5.32 Å². The van der Waals surface area contributed by atoms with Crippen LogP contribution in [-0.4, -0.2) is 32.8 Å². The first-order valence-electron chi connectivity index (χ1n) is 8.63. The Labute approximate surface area is 151 Å². The summed E-state index contributed by atoms with van der Waals surface area (Å²) in [5, 5.41) is 2.99. The minimum atomic E-state index is -0.253. The van der Waals surface area contributed by atoms with Crippen LogP contribution in [-0.2, 0) is 5.41 Å². The average molecular weight is 357 g/mol. The van der Waals surface area contributed by atoms with Gasteiger partial charge in [-0.2, -0.15) is 0 Å². The number of ether oxygens (including phenoxy) is 3. The molecule has 0 bridgehead atoms. The van der Waals surface area contributed by atoms with Gasteiger partial charge in [0.15, 0.2) is 11.5 Å². The highest BCUT2D eigenvalue weighted by molar-refractivity contribution is 5.95. The number of rotatable bonds is 5. The SMILES string of the molecule is COc1cc(C(=O)NCC2(c3ccc(F)cc3)CC2)cc2c1OCCO2. The molecule has 1 aliphatic heterocycles.